The van der Waals surface area contributed by atoms with Crippen LogP contribution in [0.2, 0.25) is 5.02 Å². The molecule has 0 atom stereocenters. The highest BCUT2D eigenvalue weighted by atomic mass is 35.5. The van der Waals surface area contributed by atoms with Crippen molar-refractivity contribution in [2.24, 2.45) is 4.99 Å². The van der Waals surface area contributed by atoms with E-state index in [1.54, 1.807) is 18.2 Å². The Morgan fingerprint density at radius 3 is 2.48 bits per heavy atom. The molecule has 0 aromatic heterocycles. The zero-order chi connectivity index (χ0) is 20.3. The van der Waals surface area contributed by atoms with E-state index in [9.17, 15) is 8.42 Å². The molecule has 1 heterocycles. The van der Waals surface area contributed by atoms with Crippen molar-refractivity contribution in [2.75, 3.05) is 11.3 Å². The largest absolute Gasteiger partial charge is 0.284 e. The van der Waals surface area contributed by atoms with Crippen LogP contribution in [-0.2, 0) is 16.4 Å². The van der Waals surface area contributed by atoms with Gasteiger partial charge in [-0.2, -0.15) is 0 Å². The topological polar surface area (TPSA) is 58.5 Å². The van der Waals surface area contributed by atoms with E-state index in [-0.39, 0.29) is 0 Å². The van der Waals surface area contributed by atoms with Crippen LogP contribution in [0.3, 0.4) is 0 Å². The monoisotopic (exact) mass is 422 g/mol. The van der Waals surface area contributed by atoms with Crippen molar-refractivity contribution in [2.45, 2.75) is 6.42 Å². The van der Waals surface area contributed by atoms with Crippen molar-refractivity contribution in [1.29, 1.82) is 0 Å². The van der Waals surface area contributed by atoms with Crippen molar-refractivity contribution in [1.82, 2.24) is 0 Å². The molecule has 1 aliphatic rings. The van der Waals surface area contributed by atoms with Crippen LogP contribution in [0.5, 0.6) is 0 Å². The Morgan fingerprint density at radius 2 is 1.72 bits per heavy atom. The number of fused-ring (bicyclic) bond motifs is 1. The van der Waals surface area contributed by atoms with Crippen LogP contribution in [0.15, 0.2) is 83.2 Å². The number of hydrogen-bond acceptors (Lipinski definition) is 3. The van der Waals surface area contributed by atoms with Gasteiger partial charge in [0.2, 0.25) is 0 Å². The molecule has 1 aliphatic heterocycles. The number of halogens is 1. The van der Waals surface area contributed by atoms with E-state index in [0.717, 1.165) is 35.4 Å². The Balaban J connectivity index is 1.52. The predicted molar refractivity (Wildman–Crippen MR) is 120 cm³/mol. The van der Waals surface area contributed by atoms with Gasteiger partial charge >= 0.3 is 0 Å². The van der Waals surface area contributed by atoms with E-state index in [4.69, 9.17) is 11.6 Å². The van der Waals surface area contributed by atoms with Crippen LogP contribution in [-0.4, -0.2) is 20.7 Å². The molecule has 29 heavy (non-hydrogen) atoms. The summed E-state index contributed by atoms with van der Waals surface area (Å²) < 4.78 is 27.2. The third kappa shape index (κ3) is 4.75. The highest BCUT2D eigenvalue weighted by Crippen LogP contribution is 2.25. The summed E-state index contributed by atoms with van der Waals surface area (Å²) in [6.07, 6.45) is 2.45. The first kappa shape index (κ1) is 19.4. The molecule has 0 saturated heterocycles. The van der Waals surface area contributed by atoms with Gasteiger partial charge in [0.15, 0.2) is 0 Å². The van der Waals surface area contributed by atoms with E-state index < -0.39 is 10.0 Å². The zero-order valence-corrected chi connectivity index (χ0v) is 17.1. The lowest BCUT2D eigenvalue weighted by Gasteiger charge is -2.17. The number of benzene rings is 3. The van der Waals surface area contributed by atoms with Crippen LogP contribution >= 0.6 is 11.6 Å². The molecule has 3 aromatic carbocycles. The second-order valence-electron chi connectivity index (χ2n) is 6.72. The van der Waals surface area contributed by atoms with Gasteiger partial charge in [0.1, 0.15) is 0 Å². The second kappa shape index (κ2) is 8.23. The Labute approximate surface area is 175 Å². The van der Waals surface area contributed by atoms with E-state index in [1.165, 1.54) is 11.0 Å². The summed E-state index contributed by atoms with van der Waals surface area (Å²) in [4.78, 5) is 4.66. The lowest BCUT2D eigenvalue weighted by molar-refractivity contribution is 0.609. The average Bonchev–Trinajstić information content (AvgIpc) is 2.73. The smallest absolute Gasteiger partial charge is 0.255 e. The fourth-order valence-corrected chi connectivity index (χ4v) is 4.28. The minimum Gasteiger partial charge on any atom is -0.284 e. The van der Waals surface area contributed by atoms with Crippen molar-refractivity contribution < 1.29 is 8.42 Å². The van der Waals surface area contributed by atoms with E-state index in [2.05, 4.69) is 9.71 Å². The quantitative estimate of drug-likeness (QED) is 0.618. The van der Waals surface area contributed by atoms with Crippen LogP contribution in [0.1, 0.15) is 22.3 Å². The van der Waals surface area contributed by atoms with Crippen molar-refractivity contribution in [3.8, 4) is 0 Å². The summed E-state index contributed by atoms with van der Waals surface area (Å²) in [5.74, 6) is 0. The van der Waals surface area contributed by atoms with Crippen LogP contribution in [0, 0.1) is 0 Å². The zero-order valence-electron chi connectivity index (χ0n) is 15.5. The van der Waals surface area contributed by atoms with Crippen molar-refractivity contribution in [3.05, 3.63) is 105 Å². The van der Waals surface area contributed by atoms with Gasteiger partial charge in [0.05, 0.1) is 11.1 Å². The van der Waals surface area contributed by atoms with Gasteiger partial charge in [0, 0.05) is 28.4 Å². The Kier molecular flexibility index (Phi) is 5.51. The second-order valence-corrected chi connectivity index (χ2v) is 8.72. The molecule has 0 fully saturated rings. The van der Waals surface area contributed by atoms with Crippen molar-refractivity contribution in [3.63, 3.8) is 0 Å². The molecule has 4 nitrogen and oxygen atoms in total. The predicted octanol–water partition coefficient (Wildman–Crippen LogP) is 5.15. The fourth-order valence-electron chi connectivity index (χ4n) is 3.23. The molecule has 146 valence electrons. The van der Waals surface area contributed by atoms with Gasteiger partial charge in [-0.1, -0.05) is 60.1 Å². The van der Waals surface area contributed by atoms with Gasteiger partial charge < -0.3 is 0 Å². The highest BCUT2D eigenvalue weighted by Gasteiger charge is 2.16. The third-order valence-electron chi connectivity index (χ3n) is 4.64. The van der Waals surface area contributed by atoms with Crippen LogP contribution in [0.4, 0.5) is 5.69 Å². The number of nitrogens with zero attached hydrogens (tertiary/aromatic N) is 1. The van der Waals surface area contributed by atoms with Gasteiger partial charge in [-0.25, -0.2) is 8.42 Å². The molecule has 0 amide bonds. The fraction of sp³-hybridized carbons (Fsp3) is 0.0870. The first-order chi connectivity index (χ1) is 14.0. The molecular weight excluding hydrogens is 404 g/mol. The summed E-state index contributed by atoms with van der Waals surface area (Å²) in [6.45, 7) is 0.725. The van der Waals surface area contributed by atoms with Gasteiger partial charge in [0.25, 0.3) is 10.0 Å². The SMILES string of the molecule is O=S(=O)(/C=C/c1ccccc1)Nc1ccc(C2=NCCc3ccc(Cl)cc32)cc1. The summed E-state index contributed by atoms with van der Waals surface area (Å²) in [7, 11) is -3.60. The number of anilines is 1. The molecule has 0 unspecified atom stereocenters. The standard InChI is InChI=1S/C23H19ClN2O2S/c24-20-9-6-18-12-14-25-23(22(18)16-20)19-7-10-21(11-8-19)26-29(27,28)15-13-17-4-2-1-3-5-17/h1-11,13,15-16,26H,12,14H2/b15-13+. The Bertz CT molecular complexity index is 1190. The Morgan fingerprint density at radius 1 is 0.966 bits per heavy atom. The van der Waals surface area contributed by atoms with Crippen LogP contribution < -0.4 is 4.72 Å². The van der Waals surface area contributed by atoms with Crippen molar-refractivity contribution >= 4 is 39.1 Å². The first-order valence-corrected chi connectivity index (χ1v) is 11.1. The summed E-state index contributed by atoms with van der Waals surface area (Å²) >= 11 is 6.16. The lowest BCUT2D eigenvalue weighted by atomic mass is 9.93. The molecule has 0 bridgehead atoms. The summed E-state index contributed by atoms with van der Waals surface area (Å²) in [5.41, 5.74) is 5.37. The van der Waals surface area contributed by atoms with Crippen LogP contribution in [0.25, 0.3) is 6.08 Å². The number of nitrogens with one attached hydrogen (secondary N) is 1. The van der Waals surface area contributed by atoms with E-state index in [1.807, 2.05) is 60.7 Å². The lowest BCUT2D eigenvalue weighted by Crippen LogP contribution is -2.14. The number of hydrogen-bond donors (Lipinski definition) is 1. The molecule has 0 aliphatic carbocycles. The minimum absolute atomic E-state index is 0.495. The molecule has 3 aromatic rings. The normalized spacial score (nSPS) is 13.8. The van der Waals surface area contributed by atoms with Gasteiger partial charge in [-0.05, 0) is 47.9 Å². The number of aliphatic imine (C=N–C) groups is 1. The molecule has 0 spiro atoms. The minimum atomic E-state index is -3.60. The van der Waals surface area contributed by atoms with Gasteiger partial charge in [-0.3, -0.25) is 9.71 Å². The Hall–Kier alpha value is -2.89. The van der Waals surface area contributed by atoms with E-state index in [0.29, 0.717) is 10.7 Å². The summed E-state index contributed by atoms with van der Waals surface area (Å²) in [5, 5.41) is 1.84. The average molecular weight is 423 g/mol. The maximum Gasteiger partial charge on any atom is 0.255 e. The maximum absolute atomic E-state index is 12.3. The molecule has 0 saturated carbocycles. The summed E-state index contributed by atoms with van der Waals surface area (Å²) in [6, 6.07) is 22.4. The molecule has 6 heteroatoms. The highest BCUT2D eigenvalue weighted by molar-refractivity contribution is 7.95. The van der Waals surface area contributed by atoms with E-state index >= 15 is 0 Å². The molecular formula is C23H19ClN2O2S. The number of rotatable bonds is 5. The number of sulfonamides is 1. The first-order valence-electron chi connectivity index (χ1n) is 9.20. The maximum atomic E-state index is 12.3. The molecule has 4 rings (SSSR count). The molecule has 1 N–H and O–H groups in total. The molecule has 0 radical (unpaired) electrons. The van der Waals surface area contributed by atoms with Gasteiger partial charge in [-0.15, -0.1) is 0 Å². The third-order valence-corrected chi connectivity index (χ3v) is 5.89.